The van der Waals surface area contributed by atoms with E-state index in [1.165, 1.54) is 0 Å². The van der Waals surface area contributed by atoms with E-state index in [-0.39, 0.29) is 6.54 Å². The van der Waals surface area contributed by atoms with E-state index < -0.39 is 29.4 Å². The number of carbonyl (C=O) groups excluding carboxylic acids is 3. The van der Waals surface area contributed by atoms with E-state index in [2.05, 4.69) is 10.6 Å². The Balaban J connectivity index is 1.31. The second-order valence-electron chi connectivity index (χ2n) is 8.48. The Kier molecular flexibility index (Phi) is 4.89. The van der Waals surface area contributed by atoms with Gasteiger partial charge >= 0.3 is 6.03 Å². The molecule has 0 radical (unpaired) electrons. The fourth-order valence-electron chi connectivity index (χ4n) is 4.25. The lowest BCUT2D eigenvalue weighted by Crippen LogP contribution is -2.43. The monoisotopic (exact) mass is 441 g/mol. The van der Waals surface area contributed by atoms with Crippen molar-refractivity contribution in [2.24, 2.45) is 0 Å². The van der Waals surface area contributed by atoms with E-state index in [0.717, 1.165) is 26.6 Å². The van der Waals surface area contributed by atoms with Gasteiger partial charge in [-0.3, -0.25) is 14.5 Å². The van der Waals surface area contributed by atoms with E-state index in [4.69, 9.17) is 4.42 Å². The van der Waals surface area contributed by atoms with E-state index in [9.17, 15) is 14.4 Å². The molecule has 2 unspecified atom stereocenters. The van der Waals surface area contributed by atoms with E-state index in [1.807, 2.05) is 72.8 Å². The molecule has 2 heterocycles. The number of para-hydroxylation sites is 1. The van der Waals surface area contributed by atoms with E-state index in [0.29, 0.717) is 11.3 Å². The molecule has 33 heavy (non-hydrogen) atoms. The molecule has 2 atom stereocenters. The lowest BCUT2D eigenvalue weighted by Gasteiger charge is -2.23. The van der Waals surface area contributed by atoms with Crippen molar-refractivity contribution in [2.45, 2.75) is 25.4 Å². The Morgan fingerprint density at radius 2 is 1.70 bits per heavy atom. The quantitative estimate of drug-likeness (QED) is 0.454. The Hall–Kier alpha value is -4.13. The minimum Gasteiger partial charge on any atom is -0.459 e. The van der Waals surface area contributed by atoms with Gasteiger partial charge in [0.15, 0.2) is 0 Å². The average Bonchev–Trinajstić information content (AvgIpc) is 3.34. The third-order valence-corrected chi connectivity index (χ3v) is 6.15. The number of rotatable bonds is 5. The van der Waals surface area contributed by atoms with Crippen molar-refractivity contribution in [3.63, 3.8) is 0 Å². The number of nitrogens with zero attached hydrogens (tertiary/aromatic N) is 1. The number of urea groups is 1. The van der Waals surface area contributed by atoms with Gasteiger partial charge in [0.1, 0.15) is 23.4 Å². The lowest BCUT2D eigenvalue weighted by molar-refractivity contribution is -0.135. The number of hydrogen-bond donors (Lipinski definition) is 2. The topological polar surface area (TPSA) is 91.7 Å². The molecule has 1 saturated heterocycles. The molecule has 0 spiro atoms. The van der Waals surface area contributed by atoms with Crippen LogP contribution in [0.2, 0.25) is 0 Å². The Morgan fingerprint density at radius 1 is 1.00 bits per heavy atom. The zero-order chi connectivity index (χ0) is 23.2. The first-order valence-corrected chi connectivity index (χ1v) is 10.8. The first-order chi connectivity index (χ1) is 15.8. The highest BCUT2D eigenvalue weighted by atomic mass is 16.3. The van der Waals surface area contributed by atoms with Crippen LogP contribution in [0.1, 0.15) is 31.2 Å². The number of benzene rings is 3. The van der Waals surface area contributed by atoms with Crippen molar-refractivity contribution < 1.29 is 18.8 Å². The van der Waals surface area contributed by atoms with Crippen LogP contribution in [0, 0.1) is 0 Å². The highest BCUT2D eigenvalue weighted by Gasteiger charge is 2.49. The number of amides is 4. The van der Waals surface area contributed by atoms with Crippen LogP contribution in [0.25, 0.3) is 21.7 Å². The number of fused-ring (bicyclic) bond motifs is 2. The zero-order valence-electron chi connectivity index (χ0n) is 18.3. The first kappa shape index (κ1) is 20.8. The van der Waals surface area contributed by atoms with Crippen LogP contribution in [0.3, 0.4) is 0 Å². The summed E-state index contributed by atoms with van der Waals surface area (Å²) in [5.74, 6) is -0.314. The highest BCUT2D eigenvalue weighted by molar-refractivity contribution is 6.09. The fourth-order valence-corrected chi connectivity index (χ4v) is 4.25. The summed E-state index contributed by atoms with van der Waals surface area (Å²) in [6, 6.07) is 21.9. The highest BCUT2D eigenvalue weighted by Crippen LogP contribution is 2.31. The van der Waals surface area contributed by atoms with Crippen molar-refractivity contribution >= 4 is 39.6 Å². The molecule has 1 aliphatic heterocycles. The van der Waals surface area contributed by atoms with Crippen LogP contribution in [0.15, 0.2) is 77.2 Å². The summed E-state index contributed by atoms with van der Waals surface area (Å²) in [5, 5.41) is 8.51. The van der Waals surface area contributed by atoms with Gasteiger partial charge in [-0.05, 0) is 48.4 Å². The van der Waals surface area contributed by atoms with Crippen molar-refractivity contribution in [3.05, 3.63) is 84.1 Å². The van der Waals surface area contributed by atoms with Gasteiger partial charge in [0, 0.05) is 5.39 Å². The van der Waals surface area contributed by atoms with E-state index in [1.54, 1.807) is 13.8 Å². The van der Waals surface area contributed by atoms with Gasteiger partial charge in [0.2, 0.25) is 5.91 Å². The Morgan fingerprint density at radius 3 is 2.45 bits per heavy atom. The molecule has 2 N–H and O–H groups in total. The number of nitrogens with one attached hydrogen (secondary N) is 2. The molecule has 0 aliphatic carbocycles. The van der Waals surface area contributed by atoms with Crippen molar-refractivity contribution in [1.82, 2.24) is 15.5 Å². The molecule has 7 nitrogen and oxygen atoms in total. The molecule has 166 valence electrons. The second-order valence-corrected chi connectivity index (χ2v) is 8.48. The Bertz CT molecular complexity index is 1380. The minimum absolute atomic E-state index is 0.377. The SMILES string of the molecule is CC(NC(=O)CN1C(=O)NC(C)(c2ccc3ccccc3c2)C1=O)c1cc2ccccc2o1. The van der Waals surface area contributed by atoms with Crippen molar-refractivity contribution in [1.29, 1.82) is 0 Å². The molecular formula is C26H23N3O4. The molecule has 4 amide bonds. The van der Waals surface area contributed by atoms with Crippen molar-refractivity contribution in [2.75, 3.05) is 6.54 Å². The van der Waals surface area contributed by atoms with Crippen molar-refractivity contribution in [3.8, 4) is 0 Å². The molecule has 0 saturated carbocycles. The van der Waals surface area contributed by atoms with Crippen LogP contribution >= 0.6 is 0 Å². The molecule has 4 aromatic rings. The maximum absolute atomic E-state index is 13.2. The predicted molar refractivity (Wildman–Crippen MR) is 124 cm³/mol. The van der Waals surface area contributed by atoms with Crippen LogP contribution in [0.4, 0.5) is 4.79 Å². The summed E-state index contributed by atoms with van der Waals surface area (Å²) < 4.78 is 5.79. The second kappa shape index (κ2) is 7.78. The van der Waals surface area contributed by atoms with E-state index >= 15 is 0 Å². The predicted octanol–water partition coefficient (Wildman–Crippen LogP) is 4.23. The largest absolute Gasteiger partial charge is 0.459 e. The number of furan rings is 1. The fraction of sp³-hybridized carbons (Fsp3) is 0.192. The molecule has 1 fully saturated rings. The van der Waals surface area contributed by atoms with Gasteiger partial charge < -0.3 is 15.1 Å². The molecule has 5 rings (SSSR count). The van der Waals surface area contributed by atoms with Gasteiger partial charge in [0.05, 0.1) is 6.04 Å². The zero-order valence-corrected chi connectivity index (χ0v) is 18.3. The molecular weight excluding hydrogens is 418 g/mol. The minimum atomic E-state index is -1.24. The van der Waals surface area contributed by atoms with Crippen LogP contribution in [0.5, 0.6) is 0 Å². The van der Waals surface area contributed by atoms with Crippen LogP contribution in [-0.2, 0) is 15.1 Å². The summed E-state index contributed by atoms with van der Waals surface area (Å²) in [7, 11) is 0. The smallest absolute Gasteiger partial charge is 0.325 e. The van der Waals surface area contributed by atoms with Gasteiger partial charge in [-0.2, -0.15) is 0 Å². The summed E-state index contributed by atoms with van der Waals surface area (Å²) in [6.07, 6.45) is 0. The summed E-state index contributed by atoms with van der Waals surface area (Å²) in [5.41, 5.74) is 0.151. The summed E-state index contributed by atoms with van der Waals surface area (Å²) in [4.78, 5) is 39.5. The lowest BCUT2D eigenvalue weighted by atomic mass is 9.90. The molecule has 1 aromatic heterocycles. The van der Waals surface area contributed by atoms with Gasteiger partial charge in [0.25, 0.3) is 5.91 Å². The third-order valence-electron chi connectivity index (χ3n) is 6.15. The third kappa shape index (κ3) is 3.61. The maximum atomic E-state index is 13.2. The molecule has 3 aromatic carbocycles. The van der Waals surface area contributed by atoms with Crippen LogP contribution in [-0.4, -0.2) is 29.3 Å². The van der Waals surface area contributed by atoms with Crippen LogP contribution < -0.4 is 10.6 Å². The standard InChI is InChI=1S/C26H23N3O4/c1-16(22-14-19-9-5-6-10-21(19)33-22)27-23(30)15-29-24(31)26(2,28-25(29)32)20-12-11-17-7-3-4-8-18(17)13-20/h3-14,16H,15H2,1-2H3,(H,27,30)(H,28,32). The molecule has 1 aliphatic rings. The summed E-state index contributed by atoms with van der Waals surface area (Å²) in [6.45, 7) is 3.07. The molecule has 7 heteroatoms. The number of carbonyl (C=O) groups is 3. The summed E-state index contributed by atoms with van der Waals surface area (Å²) >= 11 is 0. The first-order valence-electron chi connectivity index (χ1n) is 10.8. The number of imide groups is 1. The Labute approximate surface area is 190 Å². The number of hydrogen-bond acceptors (Lipinski definition) is 4. The van der Waals surface area contributed by atoms with Gasteiger partial charge in [-0.15, -0.1) is 0 Å². The normalized spacial score (nSPS) is 19.2. The van der Waals surface area contributed by atoms with Gasteiger partial charge in [-0.1, -0.05) is 54.6 Å². The maximum Gasteiger partial charge on any atom is 0.325 e. The van der Waals surface area contributed by atoms with Gasteiger partial charge in [-0.25, -0.2) is 4.79 Å². The average molecular weight is 441 g/mol. The molecule has 0 bridgehead atoms.